The fourth-order valence-corrected chi connectivity index (χ4v) is 4.19. The van der Waals surface area contributed by atoms with Gasteiger partial charge in [0.25, 0.3) is 5.56 Å². The van der Waals surface area contributed by atoms with Crippen LogP contribution in [0.2, 0.25) is 0 Å². The molecular formula is C19H25N5OS. The molecule has 0 bridgehead atoms. The molecule has 3 heterocycles. The van der Waals surface area contributed by atoms with Crippen molar-refractivity contribution in [2.24, 2.45) is 7.05 Å². The molecule has 2 aromatic heterocycles. The van der Waals surface area contributed by atoms with E-state index in [0.29, 0.717) is 0 Å². The van der Waals surface area contributed by atoms with E-state index in [1.54, 1.807) is 29.4 Å². The summed E-state index contributed by atoms with van der Waals surface area (Å²) in [5.74, 6) is 1.16. The van der Waals surface area contributed by atoms with Crippen LogP contribution in [0.1, 0.15) is 23.2 Å². The largest absolute Gasteiger partial charge is 0.354 e. The molecule has 1 aliphatic heterocycles. The Bertz CT molecular complexity index is 857. The van der Waals surface area contributed by atoms with Crippen molar-refractivity contribution in [3.8, 4) is 0 Å². The van der Waals surface area contributed by atoms with Crippen LogP contribution in [0.4, 0.5) is 5.82 Å². The van der Waals surface area contributed by atoms with Gasteiger partial charge in [0.15, 0.2) is 5.16 Å². The molecule has 0 amide bonds. The van der Waals surface area contributed by atoms with Crippen LogP contribution in [-0.2, 0) is 26.4 Å². The van der Waals surface area contributed by atoms with Gasteiger partial charge in [-0.25, -0.2) is 9.97 Å². The highest BCUT2D eigenvalue weighted by Crippen LogP contribution is 2.31. The summed E-state index contributed by atoms with van der Waals surface area (Å²) in [4.78, 5) is 26.2. The first-order valence-corrected chi connectivity index (χ1v) is 10.4. The quantitative estimate of drug-likeness (QED) is 0.602. The molecule has 2 aliphatic rings. The third-order valence-corrected chi connectivity index (χ3v) is 5.87. The second-order valence-corrected chi connectivity index (χ2v) is 7.83. The number of thioether (sulfide) groups is 1. The van der Waals surface area contributed by atoms with Crippen molar-refractivity contribution in [1.29, 1.82) is 0 Å². The number of pyridine rings is 1. The Morgan fingerprint density at radius 2 is 1.96 bits per heavy atom. The van der Waals surface area contributed by atoms with E-state index < -0.39 is 0 Å². The smallest absolute Gasteiger partial charge is 0.250 e. The van der Waals surface area contributed by atoms with Crippen molar-refractivity contribution in [2.45, 2.75) is 31.0 Å². The van der Waals surface area contributed by atoms with Crippen LogP contribution in [0.5, 0.6) is 0 Å². The van der Waals surface area contributed by atoms with Gasteiger partial charge in [-0.05, 0) is 37.1 Å². The number of nitrogens with zero attached hydrogens (tertiary/aromatic N) is 5. The molecule has 138 valence electrons. The van der Waals surface area contributed by atoms with E-state index in [1.165, 1.54) is 17.7 Å². The summed E-state index contributed by atoms with van der Waals surface area (Å²) in [7, 11) is 1.79. The summed E-state index contributed by atoms with van der Waals surface area (Å²) in [5.41, 5.74) is 3.76. The summed E-state index contributed by atoms with van der Waals surface area (Å²) in [6.07, 6.45) is 7.27. The maximum Gasteiger partial charge on any atom is 0.250 e. The van der Waals surface area contributed by atoms with Gasteiger partial charge < -0.3 is 9.47 Å². The van der Waals surface area contributed by atoms with E-state index in [-0.39, 0.29) is 5.56 Å². The molecule has 0 radical (unpaired) electrons. The minimum atomic E-state index is 0.0577. The van der Waals surface area contributed by atoms with Gasteiger partial charge in [0.1, 0.15) is 5.82 Å². The molecule has 0 spiro atoms. The fourth-order valence-electron chi connectivity index (χ4n) is 3.81. The highest BCUT2D eigenvalue weighted by atomic mass is 32.2. The van der Waals surface area contributed by atoms with Crippen LogP contribution >= 0.6 is 11.8 Å². The van der Waals surface area contributed by atoms with Crippen molar-refractivity contribution >= 4 is 17.6 Å². The van der Waals surface area contributed by atoms with Gasteiger partial charge in [0, 0.05) is 57.6 Å². The molecule has 0 N–H and O–H groups in total. The molecule has 0 unspecified atom stereocenters. The number of piperazine rings is 1. The summed E-state index contributed by atoms with van der Waals surface area (Å²) >= 11 is 1.63. The standard InChI is InChI=1S/C19H25N5OS/c1-22-7-6-14(12-17(22)25)13-23-8-10-24(11-9-23)18-15-4-3-5-16(15)20-19(21-18)26-2/h6-7,12H,3-5,8-11,13H2,1-2H3. The second kappa shape index (κ2) is 7.40. The molecule has 26 heavy (non-hydrogen) atoms. The van der Waals surface area contributed by atoms with Crippen LogP contribution in [0.25, 0.3) is 0 Å². The van der Waals surface area contributed by atoms with E-state index >= 15 is 0 Å². The van der Waals surface area contributed by atoms with Gasteiger partial charge in [0.05, 0.1) is 5.69 Å². The van der Waals surface area contributed by atoms with Crippen molar-refractivity contribution < 1.29 is 0 Å². The van der Waals surface area contributed by atoms with Gasteiger partial charge in [-0.2, -0.15) is 0 Å². The Kier molecular flexibility index (Phi) is 5.00. The predicted octanol–water partition coefficient (Wildman–Crippen LogP) is 1.71. The van der Waals surface area contributed by atoms with Gasteiger partial charge >= 0.3 is 0 Å². The van der Waals surface area contributed by atoms with E-state index in [9.17, 15) is 4.79 Å². The first kappa shape index (κ1) is 17.5. The molecule has 2 aromatic rings. The SMILES string of the molecule is CSc1nc2c(c(N3CCN(Cc4ccn(C)c(=O)c4)CC3)n1)CCC2. The average molecular weight is 372 g/mol. The first-order chi connectivity index (χ1) is 12.6. The minimum Gasteiger partial charge on any atom is -0.354 e. The van der Waals surface area contributed by atoms with Crippen LogP contribution < -0.4 is 10.5 Å². The Morgan fingerprint density at radius 1 is 1.15 bits per heavy atom. The van der Waals surface area contributed by atoms with Gasteiger partial charge in [-0.1, -0.05) is 11.8 Å². The van der Waals surface area contributed by atoms with Crippen LogP contribution in [0.15, 0.2) is 28.3 Å². The molecule has 1 aliphatic carbocycles. The molecular weight excluding hydrogens is 346 g/mol. The molecule has 0 aromatic carbocycles. The van der Waals surface area contributed by atoms with Crippen molar-refractivity contribution in [2.75, 3.05) is 37.3 Å². The molecule has 7 heteroatoms. The molecule has 4 rings (SSSR count). The predicted molar refractivity (Wildman–Crippen MR) is 105 cm³/mol. The minimum absolute atomic E-state index is 0.0577. The number of aryl methyl sites for hydroxylation is 2. The number of hydrogen-bond acceptors (Lipinski definition) is 6. The van der Waals surface area contributed by atoms with Crippen molar-refractivity contribution in [1.82, 2.24) is 19.4 Å². The highest BCUT2D eigenvalue weighted by Gasteiger charge is 2.25. The van der Waals surface area contributed by atoms with E-state index in [4.69, 9.17) is 9.97 Å². The fraction of sp³-hybridized carbons (Fsp3) is 0.526. The lowest BCUT2D eigenvalue weighted by Crippen LogP contribution is -2.46. The monoisotopic (exact) mass is 371 g/mol. The van der Waals surface area contributed by atoms with Crippen LogP contribution in [0.3, 0.4) is 0 Å². The van der Waals surface area contributed by atoms with Crippen molar-refractivity contribution in [3.05, 3.63) is 45.5 Å². The maximum absolute atomic E-state index is 11.8. The molecule has 0 saturated carbocycles. The van der Waals surface area contributed by atoms with Gasteiger partial charge in [-0.15, -0.1) is 0 Å². The van der Waals surface area contributed by atoms with Gasteiger partial charge in [0.2, 0.25) is 0 Å². The number of anilines is 1. The number of hydrogen-bond donors (Lipinski definition) is 0. The number of rotatable bonds is 4. The lowest BCUT2D eigenvalue weighted by molar-refractivity contribution is 0.249. The Labute approximate surface area is 158 Å². The lowest BCUT2D eigenvalue weighted by Gasteiger charge is -2.36. The first-order valence-electron chi connectivity index (χ1n) is 9.20. The average Bonchev–Trinajstić information content (AvgIpc) is 3.13. The molecule has 6 nitrogen and oxygen atoms in total. The third kappa shape index (κ3) is 3.50. The molecule has 1 saturated heterocycles. The Balaban J connectivity index is 1.45. The maximum atomic E-state index is 11.8. The lowest BCUT2D eigenvalue weighted by atomic mass is 10.2. The zero-order valence-electron chi connectivity index (χ0n) is 15.4. The zero-order chi connectivity index (χ0) is 18.1. The summed E-state index contributed by atoms with van der Waals surface area (Å²) in [5, 5.41) is 0.892. The van der Waals surface area contributed by atoms with E-state index in [0.717, 1.165) is 62.1 Å². The summed E-state index contributed by atoms with van der Waals surface area (Å²) < 4.78 is 1.61. The third-order valence-electron chi connectivity index (χ3n) is 5.32. The van der Waals surface area contributed by atoms with Crippen molar-refractivity contribution in [3.63, 3.8) is 0 Å². The van der Waals surface area contributed by atoms with E-state index in [1.807, 2.05) is 18.5 Å². The zero-order valence-corrected chi connectivity index (χ0v) is 16.3. The van der Waals surface area contributed by atoms with Crippen LogP contribution in [0, 0.1) is 0 Å². The topological polar surface area (TPSA) is 54.3 Å². The second-order valence-electron chi connectivity index (χ2n) is 7.06. The Hall–Kier alpha value is -1.86. The number of aromatic nitrogens is 3. The highest BCUT2D eigenvalue weighted by molar-refractivity contribution is 7.98. The summed E-state index contributed by atoms with van der Waals surface area (Å²) in [6.45, 7) is 4.76. The van der Waals surface area contributed by atoms with Gasteiger partial charge in [-0.3, -0.25) is 9.69 Å². The van der Waals surface area contributed by atoms with Crippen LogP contribution in [-0.4, -0.2) is 51.9 Å². The number of fused-ring (bicyclic) bond motifs is 1. The Morgan fingerprint density at radius 3 is 2.69 bits per heavy atom. The van der Waals surface area contributed by atoms with E-state index in [2.05, 4.69) is 9.80 Å². The normalized spacial score (nSPS) is 17.5. The summed E-state index contributed by atoms with van der Waals surface area (Å²) in [6, 6.07) is 3.78. The molecule has 0 atom stereocenters. The molecule has 1 fully saturated rings.